The van der Waals surface area contributed by atoms with Gasteiger partial charge in [-0.1, -0.05) is 49.2 Å². The summed E-state index contributed by atoms with van der Waals surface area (Å²) in [4.78, 5) is 36.8. The maximum absolute atomic E-state index is 12.2. The molecule has 0 unspecified atom stereocenters. The molecule has 2 N–H and O–H groups in total. The number of para-hydroxylation sites is 2. The monoisotopic (exact) mass is 668 g/mol. The molecule has 0 aliphatic heterocycles. The van der Waals surface area contributed by atoms with Crippen LogP contribution in [0.1, 0.15) is 25.7 Å². The van der Waals surface area contributed by atoms with Crippen molar-refractivity contribution in [3.63, 3.8) is 0 Å². The van der Waals surface area contributed by atoms with Crippen molar-refractivity contribution in [2.45, 2.75) is 25.7 Å². The number of unbranched alkanes of at least 4 members (excludes halogenated alkanes) is 3. The third-order valence-electron chi connectivity index (χ3n) is 7.14. The summed E-state index contributed by atoms with van der Waals surface area (Å²) in [5, 5.41) is 24.5. The lowest BCUT2D eigenvalue weighted by Crippen LogP contribution is -2.34. The van der Waals surface area contributed by atoms with E-state index in [-0.39, 0.29) is 18.9 Å². The number of ether oxygens (including phenoxy) is 3. The maximum atomic E-state index is 12.2. The van der Waals surface area contributed by atoms with Gasteiger partial charge in [-0.05, 0) is 80.1 Å². The van der Waals surface area contributed by atoms with E-state index in [1.165, 1.54) is 12.1 Å². The molecule has 4 aromatic carbocycles. The van der Waals surface area contributed by atoms with Crippen LogP contribution in [0.4, 0.5) is 38.0 Å². The fourth-order valence-corrected chi connectivity index (χ4v) is 4.57. The van der Waals surface area contributed by atoms with Crippen LogP contribution in [0.5, 0.6) is 5.75 Å². The fraction of sp³-hybridized carbons (Fsp3) is 0.278. The van der Waals surface area contributed by atoms with Crippen LogP contribution in [-0.4, -0.2) is 61.5 Å². The lowest BCUT2D eigenvalue weighted by Gasteiger charge is -2.22. The van der Waals surface area contributed by atoms with Crippen molar-refractivity contribution in [2.75, 3.05) is 50.1 Å². The summed E-state index contributed by atoms with van der Waals surface area (Å²) in [5.74, 6) is 0.730. The highest BCUT2D eigenvalue weighted by molar-refractivity contribution is 5.85. The molecule has 0 fully saturated rings. The Balaban J connectivity index is 1.13. The van der Waals surface area contributed by atoms with Gasteiger partial charge in [-0.3, -0.25) is 25.6 Å². The van der Waals surface area contributed by atoms with Gasteiger partial charge in [0.15, 0.2) is 0 Å². The SMILES string of the molecule is O=C(Nc1ccccc1)OCCN(CCCCCCOc1ccc(N=Nc2ccc([N+](=O)[O-])cc2)cc1)CCOC(=O)Nc1ccccc1. The summed E-state index contributed by atoms with van der Waals surface area (Å²) in [6, 6.07) is 31.3. The Morgan fingerprint density at radius 3 is 1.61 bits per heavy atom. The van der Waals surface area contributed by atoms with Crippen molar-refractivity contribution in [1.82, 2.24) is 4.90 Å². The normalized spacial score (nSPS) is 10.9. The van der Waals surface area contributed by atoms with Crippen LogP contribution in [-0.2, 0) is 9.47 Å². The van der Waals surface area contributed by atoms with Crippen LogP contribution in [0.3, 0.4) is 0 Å². The zero-order valence-electron chi connectivity index (χ0n) is 27.1. The number of benzene rings is 4. The second-order valence-electron chi connectivity index (χ2n) is 10.8. The number of hydrogen-bond acceptors (Lipinski definition) is 10. The lowest BCUT2D eigenvalue weighted by molar-refractivity contribution is -0.384. The van der Waals surface area contributed by atoms with Gasteiger partial charge in [0.2, 0.25) is 0 Å². The van der Waals surface area contributed by atoms with Gasteiger partial charge >= 0.3 is 12.2 Å². The molecule has 0 saturated heterocycles. The zero-order chi connectivity index (χ0) is 34.5. The highest BCUT2D eigenvalue weighted by atomic mass is 16.6. The van der Waals surface area contributed by atoms with Crippen LogP contribution in [0.15, 0.2) is 119 Å². The fourth-order valence-electron chi connectivity index (χ4n) is 4.57. The third kappa shape index (κ3) is 14.2. The summed E-state index contributed by atoms with van der Waals surface area (Å²) < 4.78 is 16.6. The number of nitro benzene ring substituents is 1. The molecule has 4 aromatic rings. The minimum atomic E-state index is -0.522. The number of amides is 2. The average molecular weight is 669 g/mol. The van der Waals surface area contributed by atoms with Gasteiger partial charge in [-0.15, -0.1) is 0 Å². The summed E-state index contributed by atoms with van der Waals surface area (Å²) in [7, 11) is 0. The number of nitrogens with zero attached hydrogens (tertiary/aromatic N) is 4. The third-order valence-corrected chi connectivity index (χ3v) is 7.14. The number of carbonyl (C=O) groups is 2. The van der Waals surface area contributed by atoms with E-state index < -0.39 is 17.1 Å². The van der Waals surface area contributed by atoms with Gasteiger partial charge in [0.1, 0.15) is 19.0 Å². The molecule has 0 bridgehead atoms. The first-order valence-corrected chi connectivity index (χ1v) is 16.0. The second-order valence-corrected chi connectivity index (χ2v) is 10.8. The minimum Gasteiger partial charge on any atom is -0.494 e. The van der Waals surface area contributed by atoms with Crippen molar-refractivity contribution in [1.29, 1.82) is 0 Å². The van der Waals surface area contributed by atoms with Gasteiger partial charge in [-0.2, -0.15) is 10.2 Å². The first kappa shape index (κ1) is 36.0. The quantitative estimate of drug-likeness (QED) is 0.0435. The first-order chi connectivity index (χ1) is 23.9. The minimum absolute atomic E-state index is 0.00228. The molecule has 4 rings (SSSR count). The van der Waals surface area contributed by atoms with E-state index in [0.29, 0.717) is 42.4 Å². The predicted molar refractivity (Wildman–Crippen MR) is 187 cm³/mol. The molecule has 13 nitrogen and oxygen atoms in total. The molecule has 49 heavy (non-hydrogen) atoms. The van der Waals surface area contributed by atoms with E-state index in [1.807, 2.05) is 48.5 Å². The molecule has 0 heterocycles. The van der Waals surface area contributed by atoms with Crippen molar-refractivity contribution >= 4 is 40.6 Å². The summed E-state index contributed by atoms with van der Waals surface area (Å²) in [6.45, 7) is 2.71. The maximum Gasteiger partial charge on any atom is 0.411 e. The molecule has 0 aromatic heterocycles. The van der Waals surface area contributed by atoms with E-state index in [9.17, 15) is 19.7 Å². The van der Waals surface area contributed by atoms with E-state index in [4.69, 9.17) is 14.2 Å². The van der Waals surface area contributed by atoms with Gasteiger partial charge in [0, 0.05) is 36.6 Å². The van der Waals surface area contributed by atoms with E-state index >= 15 is 0 Å². The topological polar surface area (TPSA) is 157 Å². The van der Waals surface area contributed by atoms with Gasteiger partial charge in [-0.25, -0.2) is 9.59 Å². The van der Waals surface area contributed by atoms with Crippen LogP contribution in [0.2, 0.25) is 0 Å². The van der Waals surface area contributed by atoms with E-state index in [2.05, 4.69) is 25.8 Å². The molecular weight excluding hydrogens is 628 g/mol. The molecule has 2 amide bonds. The van der Waals surface area contributed by atoms with Gasteiger partial charge < -0.3 is 14.2 Å². The molecular formula is C36H40N6O7. The highest BCUT2D eigenvalue weighted by Gasteiger charge is 2.10. The van der Waals surface area contributed by atoms with Crippen LogP contribution in [0.25, 0.3) is 0 Å². The van der Waals surface area contributed by atoms with Crippen LogP contribution < -0.4 is 15.4 Å². The summed E-state index contributed by atoms with van der Waals surface area (Å²) >= 11 is 0. The predicted octanol–water partition coefficient (Wildman–Crippen LogP) is 8.75. The smallest absolute Gasteiger partial charge is 0.411 e. The highest BCUT2D eigenvalue weighted by Crippen LogP contribution is 2.23. The molecule has 13 heteroatoms. The van der Waals surface area contributed by atoms with E-state index in [1.54, 1.807) is 48.5 Å². The number of nitro groups is 1. The molecule has 0 radical (unpaired) electrons. The average Bonchev–Trinajstić information content (AvgIpc) is 3.11. The number of anilines is 2. The molecule has 0 spiro atoms. The van der Waals surface area contributed by atoms with Crippen molar-refractivity contribution in [3.8, 4) is 5.75 Å². The van der Waals surface area contributed by atoms with E-state index in [0.717, 1.165) is 38.0 Å². The first-order valence-electron chi connectivity index (χ1n) is 16.0. The number of rotatable bonds is 19. The molecule has 256 valence electrons. The Kier molecular flexibility index (Phi) is 15.0. The standard InChI is InChI=1S/C36H40N6O7/c43-35(37-29-11-5-3-6-12-29)48-27-24-41(25-28-49-36(44)38-30-13-7-4-8-14-30)23-9-1-2-10-26-47-34-21-17-32(18-22-34)40-39-31-15-19-33(20-16-31)42(45)46/h3-8,11-22H,1-2,9-10,23-28H2,(H,37,43)(H,38,44). The number of hydrogen-bond donors (Lipinski definition) is 2. The van der Waals surface area contributed by atoms with Crippen molar-refractivity contribution < 1.29 is 28.7 Å². The Morgan fingerprint density at radius 2 is 1.10 bits per heavy atom. The van der Waals surface area contributed by atoms with Crippen LogP contribution in [0, 0.1) is 10.1 Å². The van der Waals surface area contributed by atoms with Gasteiger partial charge in [0.25, 0.3) is 5.69 Å². The zero-order valence-corrected chi connectivity index (χ0v) is 27.1. The number of non-ortho nitro benzene ring substituents is 1. The number of carbonyl (C=O) groups excluding carboxylic acids is 2. The Hall–Kier alpha value is -5.82. The molecule has 0 saturated carbocycles. The molecule has 0 aliphatic carbocycles. The Bertz CT molecular complexity index is 1550. The summed E-state index contributed by atoms with van der Waals surface area (Å²) in [6.07, 6.45) is 2.71. The Morgan fingerprint density at radius 1 is 0.612 bits per heavy atom. The number of azo groups is 1. The lowest BCUT2D eigenvalue weighted by atomic mass is 10.2. The Labute approximate surface area is 285 Å². The van der Waals surface area contributed by atoms with Gasteiger partial charge in [0.05, 0.1) is 22.9 Å². The molecule has 0 atom stereocenters. The van der Waals surface area contributed by atoms with Crippen LogP contribution >= 0.6 is 0 Å². The second kappa shape index (κ2) is 20.4. The summed E-state index contributed by atoms with van der Waals surface area (Å²) in [5.41, 5.74) is 2.48. The van der Waals surface area contributed by atoms with Crippen molar-refractivity contribution in [2.24, 2.45) is 10.2 Å². The number of nitrogens with one attached hydrogen (secondary N) is 2. The largest absolute Gasteiger partial charge is 0.494 e. The molecule has 0 aliphatic rings. The van der Waals surface area contributed by atoms with Crippen molar-refractivity contribution in [3.05, 3.63) is 119 Å².